The van der Waals surface area contributed by atoms with E-state index in [0.717, 1.165) is 11.3 Å². The molecule has 0 bridgehead atoms. The highest BCUT2D eigenvalue weighted by molar-refractivity contribution is 6.30. The van der Waals surface area contributed by atoms with Gasteiger partial charge < -0.3 is 10.1 Å². The number of rotatable bonds is 6. The number of nitrogens with one attached hydrogen (secondary N) is 1. The highest BCUT2D eigenvalue weighted by Crippen LogP contribution is 2.23. The number of carbonyl (C=O) groups excluding carboxylic acids is 1. The Balaban J connectivity index is 1.94. The molecule has 1 amide bonds. The summed E-state index contributed by atoms with van der Waals surface area (Å²) in [5.41, 5.74) is 1.53. The Morgan fingerprint density at radius 1 is 1.48 bits per heavy atom. The monoisotopic (exact) mass is 307 g/mol. The quantitative estimate of drug-likeness (QED) is 0.892. The van der Waals surface area contributed by atoms with Crippen LogP contribution in [0.2, 0.25) is 5.02 Å². The van der Waals surface area contributed by atoms with Crippen molar-refractivity contribution >= 4 is 17.5 Å². The van der Waals surface area contributed by atoms with E-state index in [-0.39, 0.29) is 5.91 Å². The van der Waals surface area contributed by atoms with Gasteiger partial charge in [-0.05, 0) is 37.1 Å². The predicted molar refractivity (Wildman–Crippen MR) is 81.9 cm³/mol. The highest BCUT2D eigenvalue weighted by atomic mass is 35.5. The molecule has 0 radical (unpaired) electrons. The number of nitrogens with zero attached hydrogens (tertiary/aromatic N) is 2. The van der Waals surface area contributed by atoms with Crippen molar-refractivity contribution in [3.63, 3.8) is 0 Å². The molecule has 0 aliphatic heterocycles. The number of ether oxygens (including phenoxy) is 1. The minimum atomic E-state index is -0.136. The molecule has 1 heterocycles. The predicted octanol–water partition coefficient (Wildman–Crippen LogP) is 2.44. The van der Waals surface area contributed by atoms with Gasteiger partial charge >= 0.3 is 0 Å². The van der Waals surface area contributed by atoms with Crippen molar-refractivity contribution in [2.45, 2.75) is 13.3 Å². The van der Waals surface area contributed by atoms with E-state index in [1.165, 1.54) is 0 Å². The van der Waals surface area contributed by atoms with E-state index in [0.29, 0.717) is 30.2 Å². The third-order valence-corrected chi connectivity index (χ3v) is 3.20. The Kier molecular flexibility index (Phi) is 5.22. The first-order valence-corrected chi connectivity index (χ1v) is 7.16. The van der Waals surface area contributed by atoms with Crippen LogP contribution in [0, 0.1) is 0 Å². The van der Waals surface area contributed by atoms with Gasteiger partial charge in [-0.25, -0.2) is 0 Å². The number of hydrogen-bond donors (Lipinski definition) is 1. The van der Waals surface area contributed by atoms with Crippen LogP contribution in [-0.4, -0.2) is 28.8 Å². The fraction of sp³-hybridized carbons (Fsp3) is 0.333. The summed E-state index contributed by atoms with van der Waals surface area (Å²) >= 11 is 6.00. The molecule has 5 nitrogen and oxygen atoms in total. The molecular formula is C15H18ClN3O2. The topological polar surface area (TPSA) is 56.1 Å². The number of carbonyl (C=O) groups is 1. The molecule has 1 aromatic heterocycles. The van der Waals surface area contributed by atoms with Crippen molar-refractivity contribution in [1.82, 2.24) is 15.1 Å². The van der Waals surface area contributed by atoms with Gasteiger partial charge in [0, 0.05) is 24.8 Å². The first-order chi connectivity index (χ1) is 10.1. The number of aryl methyl sites for hydroxylation is 1. The largest absolute Gasteiger partial charge is 0.494 e. The van der Waals surface area contributed by atoms with E-state index in [1.807, 2.05) is 19.1 Å². The van der Waals surface area contributed by atoms with Crippen LogP contribution >= 0.6 is 11.6 Å². The van der Waals surface area contributed by atoms with Crippen LogP contribution in [0.3, 0.4) is 0 Å². The summed E-state index contributed by atoms with van der Waals surface area (Å²) in [4.78, 5) is 11.9. The lowest BCUT2D eigenvalue weighted by Gasteiger charge is -2.11. The van der Waals surface area contributed by atoms with Crippen molar-refractivity contribution in [3.8, 4) is 5.75 Å². The fourth-order valence-electron chi connectivity index (χ4n) is 1.99. The maximum Gasteiger partial charge on any atom is 0.254 e. The number of benzene rings is 1. The fourth-order valence-corrected chi connectivity index (χ4v) is 2.19. The highest BCUT2D eigenvalue weighted by Gasteiger charge is 2.09. The number of amides is 1. The lowest BCUT2D eigenvalue weighted by molar-refractivity contribution is 0.0954. The number of hydrogen-bond acceptors (Lipinski definition) is 3. The van der Waals surface area contributed by atoms with E-state index in [2.05, 4.69) is 10.4 Å². The first kappa shape index (κ1) is 15.4. The van der Waals surface area contributed by atoms with Crippen molar-refractivity contribution < 1.29 is 9.53 Å². The summed E-state index contributed by atoms with van der Waals surface area (Å²) in [6.07, 6.45) is 3.88. The van der Waals surface area contributed by atoms with Gasteiger partial charge in [-0.3, -0.25) is 9.48 Å². The summed E-state index contributed by atoms with van der Waals surface area (Å²) in [6.45, 7) is 3.04. The van der Waals surface area contributed by atoms with Crippen LogP contribution in [0.1, 0.15) is 22.8 Å². The minimum absolute atomic E-state index is 0.136. The smallest absolute Gasteiger partial charge is 0.254 e. The molecule has 0 aliphatic rings. The average Bonchev–Trinajstić information content (AvgIpc) is 2.88. The van der Waals surface area contributed by atoms with E-state index in [4.69, 9.17) is 16.3 Å². The first-order valence-electron chi connectivity index (χ1n) is 6.78. The molecule has 21 heavy (non-hydrogen) atoms. The van der Waals surface area contributed by atoms with Gasteiger partial charge in [-0.15, -0.1) is 0 Å². The van der Waals surface area contributed by atoms with Gasteiger partial charge in [0.2, 0.25) is 0 Å². The van der Waals surface area contributed by atoms with E-state index < -0.39 is 0 Å². The zero-order valence-electron chi connectivity index (χ0n) is 12.1. The van der Waals surface area contributed by atoms with Gasteiger partial charge in [0.1, 0.15) is 5.75 Å². The molecule has 0 saturated heterocycles. The Morgan fingerprint density at radius 2 is 2.29 bits per heavy atom. The van der Waals surface area contributed by atoms with Crippen LogP contribution in [0.5, 0.6) is 5.75 Å². The summed E-state index contributed by atoms with van der Waals surface area (Å²) in [6, 6.07) is 5.51. The Hall–Kier alpha value is -2.01. The Labute approximate surface area is 128 Å². The van der Waals surface area contributed by atoms with Gasteiger partial charge in [0.25, 0.3) is 5.91 Å². The lowest BCUT2D eigenvalue weighted by Crippen LogP contribution is -2.25. The molecule has 0 unspecified atom stereocenters. The van der Waals surface area contributed by atoms with Crippen molar-refractivity contribution in [2.75, 3.05) is 13.2 Å². The van der Waals surface area contributed by atoms with Gasteiger partial charge in [-0.1, -0.05) is 11.6 Å². The molecule has 1 aromatic carbocycles. The minimum Gasteiger partial charge on any atom is -0.494 e. The van der Waals surface area contributed by atoms with Crippen LogP contribution in [0.4, 0.5) is 0 Å². The second-order valence-corrected chi connectivity index (χ2v) is 5.03. The maximum atomic E-state index is 11.9. The van der Waals surface area contributed by atoms with E-state index >= 15 is 0 Å². The third kappa shape index (κ3) is 4.23. The summed E-state index contributed by atoms with van der Waals surface area (Å²) in [7, 11) is 1.77. The molecule has 0 fully saturated rings. The number of aromatic nitrogens is 2. The summed E-state index contributed by atoms with van der Waals surface area (Å²) in [5.74, 6) is 0.667. The van der Waals surface area contributed by atoms with Gasteiger partial charge in [0.15, 0.2) is 0 Å². The van der Waals surface area contributed by atoms with Crippen LogP contribution in [0.25, 0.3) is 0 Å². The second kappa shape index (κ2) is 7.13. The maximum absolute atomic E-state index is 11.9. The molecule has 112 valence electrons. The van der Waals surface area contributed by atoms with Crippen molar-refractivity contribution in [1.29, 1.82) is 0 Å². The molecule has 1 N–H and O–H groups in total. The molecule has 0 atom stereocenters. The molecule has 0 aliphatic carbocycles. The van der Waals surface area contributed by atoms with Crippen LogP contribution in [-0.2, 0) is 13.5 Å². The lowest BCUT2D eigenvalue weighted by atomic mass is 10.1. The van der Waals surface area contributed by atoms with Crippen LogP contribution < -0.4 is 10.1 Å². The second-order valence-electron chi connectivity index (χ2n) is 4.59. The van der Waals surface area contributed by atoms with Crippen molar-refractivity contribution in [2.24, 2.45) is 7.05 Å². The molecule has 2 aromatic rings. The zero-order valence-corrected chi connectivity index (χ0v) is 12.9. The average molecular weight is 308 g/mol. The zero-order chi connectivity index (χ0) is 15.2. The Bertz CT molecular complexity index is 625. The summed E-state index contributed by atoms with van der Waals surface area (Å²) in [5, 5.41) is 7.49. The third-order valence-electron chi connectivity index (χ3n) is 2.97. The standard InChI is InChI=1S/C15H18ClN3O2/c1-3-21-14-5-4-13(16)8-11(14)6-7-17-15(20)12-9-18-19(2)10-12/h4-5,8-10H,3,6-7H2,1-2H3,(H,17,20). The molecular weight excluding hydrogens is 290 g/mol. The molecule has 6 heteroatoms. The van der Waals surface area contributed by atoms with E-state index in [1.54, 1.807) is 30.2 Å². The van der Waals surface area contributed by atoms with Gasteiger partial charge in [-0.2, -0.15) is 5.10 Å². The van der Waals surface area contributed by atoms with Crippen LogP contribution in [0.15, 0.2) is 30.6 Å². The molecule has 0 spiro atoms. The molecule has 2 rings (SSSR count). The normalized spacial score (nSPS) is 10.4. The molecule has 0 saturated carbocycles. The summed E-state index contributed by atoms with van der Waals surface area (Å²) < 4.78 is 7.15. The van der Waals surface area contributed by atoms with Crippen molar-refractivity contribution in [3.05, 3.63) is 46.7 Å². The van der Waals surface area contributed by atoms with Gasteiger partial charge in [0.05, 0.1) is 18.4 Å². The Morgan fingerprint density at radius 3 is 2.95 bits per heavy atom. The SMILES string of the molecule is CCOc1ccc(Cl)cc1CCNC(=O)c1cnn(C)c1. The number of halogens is 1. The van der Waals surface area contributed by atoms with E-state index in [9.17, 15) is 4.79 Å².